The van der Waals surface area contributed by atoms with Crippen LogP contribution in [0.15, 0.2) is 43.0 Å². The first kappa shape index (κ1) is 36.3. The SMILES string of the molecule is C=CCNC(=O)C(=O)C(Cc1ccccc1)NC(=O)[C@@H]1CCCN1C(=O)[C@@H](NC(=O)OC(C)(C)C)C(C)(C)C.CCC. The molecule has 2 rings (SSSR count). The molecule has 0 aromatic heterocycles. The standard InChI is InChI=1S/C29H42N4O6.C3H8/c1-8-16-30-25(36)22(34)20(18-19-13-10-9-11-14-19)31-24(35)21-15-12-17-33(21)26(37)23(28(2,3)4)32-27(38)39-29(5,6)7;1-3-2/h8-11,13-14,20-21,23H,1,12,15-18H2,2-7H3,(H,30,36)(H,31,35)(H,32,38);3H2,1-2H3/t20?,21-,23+;/m0./s1. The predicted octanol–water partition coefficient (Wildman–Crippen LogP) is 3.93. The second kappa shape index (κ2) is 16.7. The molecule has 0 aliphatic carbocycles. The number of nitrogens with zero attached hydrogens (tertiary/aromatic N) is 1. The van der Waals surface area contributed by atoms with Gasteiger partial charge in [0.2, 0.25) is 17.6 Å². The maximum atomic E-state index is 13.7. The number of rotatable bonds is 10. The van der Waals surface area contributed by atoms with Gasteiger partial charge in [0.1, 0.15) is 23.7 Å². The van der Waals surface area contributed by atoms with Gasteiger partial charge >= 0.3 is 6.09 Å². The summed E-state index contributed by atoms with van der Waals surface area (Å²) in [5.41, 5.74) is -0.655. The molecule has 1 aromatic rings. The number of nitrogens with one attached hydrogen (secondary N) is 3. The van der Waals surface area contributed by atoms with Gasteiger partial charge in [-0.3, -0.25) is 19.2 Å². The fourth-order valence-corrected chi connectivity index (χ4v) is 4.28. The molecule has 1 aliphatic rings. The lowest BCUT2D eigenvalue weighted by Gasteiger charge is -2.36. The van der Waals surface area contributed by atoms with E-state index in [-0.39, 0.29) is 13.0 Å². The van der Waals surface area contributed by atoms with E-state index < -0.39 is 58.7 Å². The molecular formula is C32H50N4O6. The minimum atomic E-state index is -1.12. The quantitative estimate of drug-likeness (QED) is 0.281. The highest BCUT2D eigenvalue weighted by Gasteiger charge is 2.43. The fourth-order valence-electron chi connectivity index (χ4n) is 4.28. The summed E-state index contributed by atoms with van der Waals surface area (Å²) in [7, 11) is 0. The topological polar surface area (TPSA) is 134 Å². The maximum Gasteiger partial charge on any atom is 0.408 e. The van der Waals surface area contributed by atoms with Crippen LogP contribution in [-0.4, -0.2) is 71.3 Å². The summed E-state index contributed by atoms with van der Waals surface area (Å²) < 4.78 is 5.35. The van der Waals surface area contributed by atoms with Crippen molar-refractivity contribution in [3.05, 3.63) is 48.6 Å². The predicted molar refractivity (Wildman–Crippen MR) is 164 cm³/mol. The van der Waals surface area contributed by atoms with E-state index in [1.165, 1.54) is 17.4 Å². The van der Waals surface area contributed by atoms with E-state index in [4.69, 9.17) is 4.74 Å². The summed E-state index contributed by atoms with van der Waals surface area (Å²) in [6, 6.07) is 6.11. The number of ether oxygens (including phenoxy) is 1. The first-order valence-corrected chi connectivity index (χ1v) is 14.6. The summed E-state index contributed by atoms with van der Waals surface area (Å²) >= 11 is 0. The minimum Gasteiger partial charge on any atom is -0.444 e. The number of benzene rings is 1. The summed E-state index contributed by atoms with van der Waals surface area (Å²) in [4.78, 5) is 66.5. The Morgan fingerprint density at radius 1 is 1.02 bits per heavy atom. The van der Waals surface area contributed by atoms with Crippen molar-refractivity contribution in [3.63, 3.8) is 0 Å². The molecule has 1 aromatic carbocycles. The fraction of sp³-hybridized carbons (Fsp3) is 0.594. The Morgan fingerprint density at radius 3 is 2.14 bits per heavy atom. The highest BCUT2D eigenvalue weighted by molar-refractivity contribution is 6.38. The van der Waals surface area contributed by atoms with Crippen LogP contribution in [-0.2, 0) is 30.3 Å². The Labute approximate surface area is 251 Å². The number of Topliss-reactive ketones (excluding diaryl/α,β-unsaturated/α-hetero) is 1. The van der Waals surface area contributed by atoms with Crippen LogP contribution in [0.1, 0.15) is 80.2 Å². The molecule has 234 valence electrons. The third-order valence-corrected chi connectivity index (χ3v) is 6.16. The van der Waals surface area contributed by atoms with Gasteiger partial charge in [0.05, 0.1) is 0 Å². The Balaban J connectivity index is 0.00000281. The van der Waals surface area contributed by atoms with E-state index in [0.717, 1.165) is 5.56 Å². The van der Waals surface area contributed by atoms with E-state index >= 15 is 0 Å². The highest BCUT2D eigenvalue weighted by atomic mass is 16.6. The van der Waals surface area contributed by atoms with Gasteiger partial charge in [-0.1, -0.05) is 77.4 Å². The molecule has 0 bridgehead atoms. The Morgan fingerprint density at radius 2 is 1.62 bits per heavy atom. The zero-order valence-electron chi connectivity index (χ0n) is 26.5. The number of ketones is 1. The van der Waals surface area contributed by atoms with Gasteiger partial charge in [-0.15, -0.1) is 6.58 Å². The smallest absolute Gasteiger partial charge is 0.408 e. The van der Waals surface area contributed by atoms with E-state index in [2.05, 4.69) is 36.4 Å². The number of carbonyl (C=O) groups excluding carboxylic acids is 5. The van der Waals surface area contributed by atoms with Crippen molar-refractivity contribution in [1.82, 2.24) is 20.9 Å². The number of hydrogen-bond donors (Lipinski definition) is 3. The second-order valence-corrected chi connectivity index (χ2v) is 12.5. The summed E-state index contributed by atoms with van der Waals surface area (Å²) in [5, 5.41) is 7.85. The largest absolute Gasteiger partial charge is 0.444 e. The molecule has 10 nitrogen and oxygen atoms in total. The minimum absolute atomic E-state index is 0.110. The van der Waals surface area contributed by atoms with Gasteiger partial charge in [0.15, 0.2) is 0 Å². The van der Waals surface area contributed by atoms with Crippen LogP contribution < -0.4 is 16.0 Å². The highest BCUT2D eigenvalue weighted by Crippen LogP contribution is 2.26. The van der Waals surface area contributed by atoms with Crippen LogP contribution in [0.5, 0.6) is 0 Å². The molecule has 0 saturated carbocycles. The number of amides is 4. The molecule has 3 atom stereocenters. The number of carbonyl (C=O) groups is 5. The number of alkyl carbamates (subject to hydrolysis) is 1. The zero-order valence-corrected chi connectivity index (χ0v) is 26.5. The molecule has 10 heteroatoms. The van der Waals surface area contributed by atoms with Crippen LogP contribution in [0, 0.1) is 5.41 Å². The van der Waals surface area contributed by atoms with Crippen molar-refractivity contribution in [3.8, 4) is 0 Å². The lowest BCUT2D eigenvalue weighted by Crippen LogP contribution is -2.59. The molecule has 1 saturated heterocycles. The molecule has 1 fully saturated rings. The maximum absolute atomic E-state index is 13.7. The van der Waals surface area contributed by atoms with Gasteiger partial charge in [0.25, 0.3) is 5.91 Å². The summed E-state index contributed by atoms with van der Waals surface area (Å²) in [6.45, 7) is 18.8. The number of likely N-dealkylation sites (tertiary alicyclic amines) is 1. The number of hydrogen-bond acceptors (Lipinski definition) is 6. The van der Waals surface area contributed by atoms with Crippen LogP contribution in [0.25, 0.3) is 0 Å². The average Bonchev–Trinajstić information content (AvgIpc) is 3.39. The third kappa shape index (κ3) is 12.0. The summed E-state index contributed by atoms with van der Waals surface area (Å²) in [6.07, 6.45) is 3.04. The normalized spacial score (nSPS) is 16.2. The second-order valence-electron chi connectivity index (χ2n) is 12.5. The van der Waals surface area contributed by atoms with Gasteiger partial charge < -0.3 is 25.6 Å². The van der Waals surface area contributed by atoms with E-state index in [1.807, 2.05) is 26.8 Å². The first-order valence-electron chi connectivity index (χ1n) is 14.6. The van der Waals surface area contributed by atoms with Crippen LogP contribution in [0.3, 0.4) is 0 Å². The monoisotopic (exact) mass is 586 g/mol. The molecule has 4 amide bonds. The van der Waals surface area contributed by atoms with Crippen molar-refractivity contribution in [2.45, 2.75) is 105 Å². The molecular weight excluding hydrogens is 536 g/mol. The lowest BCUT2D eigenvalue weighted by molar-refractivity contribution is -0.143. The Kier molecular flexibility index (Phi) is 14.4. The molecule has 42 heavy (non-hydrogen) atoms. The molecule has 1 heterocycles. The average molecular weight is 587 g/mol. The van der Waals surface area contributed by atoms with Crippen LogP contribution in [0.2, 0.25) is 0 Å². The van der Waals surface area contributed by atoms with Gasteiger partial charge in [-0.25, -0.2) is 4.79 Å². The zero-order chi connectivity index (χ0) is 32.1. The van der Waals surface area contributed by atoms with Gasteiger partial charge in [-0.05, 0) is 44.6 Å². The molecule has 1 unspecified atom stereocenters. The Bertz CT molecular complexity index is 1070. The lowest BCUT2D eigenvalue weighted by atomic mass is 9.85. The van der Waals surface area contributed by atoms with Crippen LogP contribution in [0.4, 0.5) is 4.79 Å². The van der Waals surface area contributed by atoms with Gasteiger partial charge in [-0.2, -0.15) is 0 Å². The Hall–Kier alpha value is -3.69. The third-order valence-electron chi connectivity index (χ3n) is 6.16. The van der Waals surface area contributed by atoms with Gasteiger partial charge in [0, 0.05) is 19.5 Å². The first-order chi connectivity index (χ1) is 19.5. The molecule has 3 N–H and O–H groups in total. The molecule has 0 spiro atoms. The van der Waals surface area contributed by atoms with Crippen molar-refractivity contribution < 1.29 is 28.7 Å². The van der Waals surface area contributed by atoms with Crippen molar-refractivity contribution in [2.24, 2.45) is 5.41 Å². The van der Waals surface area contributed by atoms with Crippen molar-refractivity contribution in [1.29, 1.82) is 0 Å². The summed E-state index contributed by atoms with van der Waals surface area (Å²) in [5.74, 6) is -2.56. The van der Waals surface area contributed by atoms with Crippen molar-refractivity contribution in [2.75, 3.05) is 13.1 Å². The van der Waals surface area contributed by atoms with E-state index in [1.54, 1.807) is 45.0 Å². The molecule has 1 aliphatic heterocycles. The van der Waals surface area contributed by atoms with Crippen molar-refractivity contribution >= 4 is 29.6 Å². The molecule has 0 radical (unpaired) electrons. The van der Waals surface area contributed by atoms with E-state index in [9.17, 15) is 24.0 Å². The van der Waals surface area contributed by atoms with Crippen LogP contribution >= 0.6 is 0 Å². The van der Waals surface area contributed by atoms with E-state index in [0.29, 0.717) is 19.4 Å².